The number of aromatic nitrogens is 6. The smallest absolute Gasteiger partial charge is 0.214 e. The Labute approximate surface area is 161 Å². The lowest BCUT2D eigenvalue weighted by Crippen LogP contribution is -2.02. The van der Waals surface area contributed by atoms with Gasteiger partial charge in [-0.2, -0.15) is 4.68 Å². The van der Waals surface area contributed by atoms with E-state index < -0.39 is 0 Å². The second-order valence-corrected chi connectivity index (χ2v) is 7.39. The van der Waals surface area contributed by atoms with Crippen LogP contribution in [0.1, 0.15) is 31.2 Å². The molecular weight excluding hydrogens is 358 g/mol. The van der Waals surface area contributed by atoms with Crippen LogP contribution in [0.15, 0.2) is 53.7 Å². The van der Waals surface area contributed by atoms with Crippen molar-refractivity contribution in [2.24, 2.45) is 0 Å². The largest absolute Gasteiger partial charge is 0.383 e. The molecule has 0 saturated carbocycles. The molecule has 0 fully saturated rings. The van der Waals surface area contributed by atoms with E-state index in [0.717, 1.165) is 16.6 Å². The van der Waals surface area contributed by atoms with Gasteiger partial charge in [-0.15, -0.1) is 5.10 Å². The zero-order valence-corrected chi connectivity index (χ0v) is 15.9. The number of nitrogen functional groups attached to an aromatic ring is 1. The first-order valence-electron chi connectivity index (χ1n) is 8.64. The predicted molar refractivity (Wildman–Crippen MR) is 107 cm³/mol. The number of hydrogen-bond acceptors (Lipinski definition) is 7. The zero-order valence-electron chi connectivity index (χ0n) is 15.1. The van der Waals surface area contributed by atoms with Crippen LogP contribution in [0.3, 0.4) is 0 Å². The van der Waals surface area contributed by atoms with Crippen LogP contribution in [0.5, 0.6) is 0 Å². The Balaban J connectivity index is 1.55. The molecule has 7 nitrogen and oxygen atoms in total. The zero-order chi connectivity index (χ0) is 18.8. The van der Waals surface area contributed by atoms with E-state index in [4.69, 9.17) is 5.73 Å². The lowest BCUT2D eigenvalue weighted by atomic mass is 10.0. The first-order chi connectivity index (χ1) is 13.1. The summed E-state index contributed by atoms with van der Waals surface area (Å²) in [7, 11) is 0. The van der Waals surface area contributed by atoms with Gasteiger partial charge in [0.15, 0.2) is 0 Å². The van der Waals surface area contributed by atoms with Crippen LogP contribution in [0, 0.1) is 0 Å². The number of benzene rings is 2. The Bertz CT molecular complexity index is 1070. The molecule has 0 spiro atoms. The van der Waals surface area contributed by atoms with E-state index in [9.17, 15) is 0 Å². The van der Waals surface area contributed by atoms with Crippen LogP contribution >= 0.6 is 11.8 Å². The minimum absolute atomic E-state index is 0.484. The topological polar surface area (TPSA) is 95.4 Å². The van der Waals surface area contributed by atoms with Crippen molar-refractivity contribution in [2.75, 3.05) is 5.73 Å². The molecule has 0 aliphatic carbocycles. The van der Waals surface area contributed by atoms with Gasteiger partial charge in [0, 0.05) is 5.39 Å². The Morgan fingerprint density at radius 2 is 1.81 bits per heavy atom. The van der Waals surface area contributed by atoms with E-state index in [1.54, 1.807) is 4.68 Å². The molecule has 0 aliphatic rings. The summed E-state index contributed by atoms with van der Waals surface area (Å²) >= 11 is 1.48. The lowest BCUT2D eigenvalue weighted by Gasteiger charge is -2.08. The van der Waals surface area contributed by atoms with Gasteiger partial charge in [0.1, 0.15) is 11.6 Å². The molecule has 0 saturated heterocycles. The molecule has 2 heterocycles. The number of fused-ring (bicyclic) bond motifs is 1. The van der Waals surface area contributed by atoms with E-state index >= 15 is 0 Å². The first kappa shape index (κ1) is 17.4. The van der Waals surface area contributed by atoms with Crippen molar-refractivity contribution in [3.8, 4) is 5.69 Å². The maximum absolute atomic E-state index is 6.06. The molecular formula is C19H19N7S. The number of hydrogen-bond donors (Lipinski definition) is 1. The molecule has 4 aromatic rings. The summed E-state index contributed by atoms with van der Waals surface area (Å²) in [6.07, 6.45) is 0. The van der Waals surface area contributed by atoms with Crippen molar-refractivity contribution in [1.82, 2.24) is 30.2 Å². The van der Waals surface area contributed by atoms with Crippen LogP contribution in [0.4, 0.5) is 5.82 Å². The number of nitrogens with zero attached hydrogens (tertiary/aromatic N) is 6. The average Bonchev–Trinajstić information content (AvgIpc) is 3.15. The number of anilines is 1. The molecule has 27 heavy (non-hydrogen) atoms. The minimum atomic E-state index is 0.484. The number of para-hydroxylation sites is 1. The minimum Gasteiger partial charge on any atom is -0.383 e. The third kappa shape index (κ3) is 3.61. The summed E-state index contributed by atoms with van der Waals surface area (Å²) in [5.41, 5.74) is 9.10. The second kappa shape index (κ2) is 7.32. The Hall–Kier alpha value is -3.00. The van der Waals surface area contributed by atoms with Crippen LogP contribution < -0.4 is 5.73 Å². The van der Waals surface area contributed by atoms with E-state index in [0.29, 0.717) is 28.5 Å². The second-order valence-electron chi connectivity index (χ2n) is 6.45. The van der Waals surface area contributed by atoms with Crippen LogP contribution in [-0.2, 0) is 5.75 Å². The molecule has 0 radical (unpaired) electrons. The van der Waals surface area contributed by atoms with Crippen molar-refractivity contribution in [2.45, 2.75) is 30.7 Å². The first-order valence-corrected chi connectivity index (χ1v) is 9.63. The molecule has 2 N–H and O–H groups in total. The summed E-state index contributed by atoms with van der Waals surface area (Å²) in [4.78, 5) is 8.98. The molecule has 0 aliphatic heterocycles. The van der Waals surface area contributed by atoms with Gasteiger partial charge in [0.05, 0.1) is 17.0 Å². The highest BCUT2D eigenvalue weighted by Gasteiger charge is 2.12. The number of nitrogens with two attached hydrogens (primary N) is 1. The summed E-state index contributed by atoms with van der Waals surface area (Å²) in [6.45, 7) is 4.34. The molecule has 8 heteroatoms. The normalized spacial score (nSPS) is 11.4. The quantitative estimate of drug-likeness (QED) is 0.531. The van der Waals surface area contributed by atoms with Crippen molar-refractivity contribution in [1.29, 1.82) is 0 Å². The fourth-order valence-electron chi connectivity index (χ4n) is 2.78. The Kier molecular flexibility index (Phi) is 4.72. The monoisotopic (exact) mass is 377 g/mol. The van der Waals surface area contributed by atoms with Crippen LogP contribution in [0.2, 0.25) is 0 Å². The summed E-state index contributed by atoms with van der Waals surface area (Å²) < 4.78 is 1.72. The van der Waals surface area contributed by atoms with Gasteiger partial charge in [0.25, 0.3) is 0 Å². The maximum Gasteiger partial charge on any atom is 0.214 e. The van der Waals surface area contributed by atoms with Crippen LogP contribution in [0.25, 0.3) is 16.6 Å². The highest BCUT2D eigenvalue weighted by Crippen LogP contribution is 2.24. The summed E-state index contributed by atoms with van der Waals surface area (Å²) in [6, 6.07) is 16.0. The number of thioether (sulfide) groups is 1. The lowest BCUT2D eigenvalue weighted by molar-refractivity contribution is 0.754. The van der Waals surface area contributed by atoms with E-state index in [-0.39, 0.29) is 0 Å². The molecule has 4 rings (SSSR count). The van der Waals surface area contributed by atoms with E-state index in [2.05, 4.69) is 51.5 Å². The highest BCUT2D eigenvalue weighted by atomic mass is 32.2. The van der Waals surface area contributed by atoms with Gasteiger partial charge in [-0.05, 0) is 46.2 Å². The van der Waals surface area contributed by atoms with Gasteiger partial charge < -0.3 is 5.73 Å². The standard InChI is InChI=1S/C19H19N7S/c1-12(2)13-7-9-14(10-8-13)26-19(23-24-25-26)27-11-17-21-16-6-4-3-5-15(16)18(20)22-17/h3-10,12H,11H2,1-2H3,(H2,20,21,22). The maximum atomic E-state index is 6.06. The van der Waals surface area contributed by atoms with Crippen molar-refractivity contribution in [3.63, 3.8) is 0 Å². The van der Waals surface area contributed by atoms with Gasteiger partial charge in [-0.3, -0.25) is 0 Å². The number of rotatable bonds is 5. The molecule has 0 bridgehead atoms. The van der Waals surface area contributed by atoms with Gasteiger partial charge in [-0.1, -0.05) is 49.9 Å². The molecule has 136 valence electrons. The fraction of sp³-hybridized carbons (Fsp3) is 0.211. The molecule has 2 aromatic heterocycles. The van der Waals surface area contributed by atoms with Crippen molar-refractivity contribution >= 4 is 28.5 Å². The van der Waals surface area contributed by atoms with Gasteiger partial charge >= 0.3 is 0 Å². The third-order valence-electron chi connectivity index (χ3n) is 4.25. The predicted octanol–water partition coefficient (Wildman–Crippen LogP) is 3.60. The molecule has 0 amide bonds. The molecule has 0 atom stereocenters. The van der Waals surface area contributed by atoms with Crippen LogP contribution in [-0.4, -0.2) is 30.2 Å². The SMILES string of the molecule is CC(C)c1ccc(-n2nnnc2SCc2nc(N)c3ccccc3n2)cc1. The number of tetrazole rings is 1. The summed E-state index contributed by atoms with van der Waals surface area (Å²) in [5.74, 6) is 2.15. The Morgan fingerprint density at radius 1 is 1.04 bits per heavy atom. The summed E-state index contributed by atoms with van der Waals surface area (Å²) in [5, 5.41) is 13.6. The third-order valence-corrected chi connectivity index (χ3v) is 5.17. The van der Waals surface area contributed by atoms with Gasteiger partial charge in [-0.25, -0.2) is 9.97 Å². The highest BCUT2D eigenvalue weighted by molar-refractivity contribution is 7.98. The Morgan fingerprint density at radius 3 is 2.59 bits per heavy atom. The molecule has 0 unspecified atom stereocenters. The van der Waals surface area contributed by atoms with Crippen molar-refractivity contribution in [3.05, 3.63) is 59.9 Å². The van der Waals surface area contributed by atoms with Gasteiger partial charge in [0.2, 0.25) is 5.16 Å². The van der Waals surface area contributed by atoms with E-state index in [1.807, 2.05) is 36.4 Å². The van der Waals surface area contributed by atoms with Crippen molar-refractivity contribution < 1.29 is 0 Å². The fourth-order valence-corrected chi connectivity index (χ4v) is 3.52. The van der Waals surface area contributed by atoms with E-state index in [1.165, 1.54) is 17.3 Å². The molecule has 2 aromatic carbocycles. The average molecular weight is 377 g/mol.